The fourth-order valence-electron chi connectivity index (χ4n) is 2.18. The van der Waals surface area contributed by atoms with E-state index in [4.69, 9.17) is 4.74 Å². The van der Waals surface area contributed by atoms with Crippen molar-refractivity contribution in [2.45, 2.75) is 13.5 Å². The molecule has 0 aliphatic rings. The van der Waals surface area contributed by atoms with Crippen molar-refractivity contribution in [3.05, 3.63) is 59.7 Å². The molecule has 112 valence electrons. The van der Waals surface area contributed by atoms with Crippen molar-refractivity contribution in [3.63, 3.8) is 0 Å². The Hall–Kier alpha value is -3.02. The molecule has 0 saturated heterocycles. The Labute approximate surface area is 126 Å². The van der Waals surface area contributed by atoms with Gasteiger partial charge >= 0.3 is 5.97 Å². The Morgan fingerprint density at radius 2 is 1.95 bits per heavy atom. The minimum absolute atomic E-state index is 0.0263. The number of rotatable bonds is 4. The van der Waals surface area contributed by atoms with Crippen molar-refractivity contribution >= 4 is 11.5 Å². The molecule has 0 radical (unpaired) electrons. The van der Waals surface area contributed by atoms with Crippen molar-refractivity contribution < 1.29 is 19.7 Å². The first-order valence-corrected chi connectivity index (χ1v) is 6.67. The molecule has 2 N–H and O–H groups in total. The molecular weight excluding hydrogens is 284 g/mol. The molecule has 1 aromatic carbocycles. The Balaban J connectivity index is 1.94. The number of imidazole rings is 1. The summed E-state index contributed by atoms with van der Waals surface area (Å²) in [4.78, 5) is 15.3. The largest absolute Gasteiger partial charge is 0.506 e. The summed E-state index contributed by atoms with van der Waals surface area (Å²) in [6.07, 6.45) is 1.42. The molecule has 0 aliphatic carbocycles. The van der Waals surface area contributed by atoms with Crippen LogP contribution in [-0.2, 0) is 6.61 Å². The van der Waals surface area contributed by atoms with E-state index < -0.39 is 5.97 Å². The Morgan fingerprint density at radius 1 is 1.23 bits per heavy atom. The van der Waals surface area contributed by atoms with Gasteiger partial charge in [0, 0.05) is 0 Å². The highest BCUT2D eigenvalue weighted by molar-refractivity contribution is 5.93. The number of aryl methyl sites for hydroxylation is 1. The first-order chi connectivity index (χ1) is 10.5. The number of ether oxygens (including phenoxy) is 1. The predicted molar refractivity (Wildman–Crippen MR) is 79.3 cm³/mol. The van der Waals surface area contributed by atoms with Crippen LogP contribution in [0.4, 0.5) is 0 Å². The van der Waals surface area contributed by atoms with Crippen LogP contribution in [0.3, 0.4) is 0 Å². The van der Waals surface area contributed by atoms with Crippen molar-refractivity contribution in [2.75, 3.05) is 0 Å². The van der Waals surface area contributed by atoms with Gasteiger partial charge in [-0.25, -0.2) is 9.78 Å². The number of carboxylic acids is 1. The van der Waals surface area contributed by atoms with Gasteiger partial charge in [-0.15, -0.1) is 0 Å². The second-order valence-corrected chi connectivity index (χ2v) is 4.93. The van der Waals surface area contributed by atoms with Gasteiger partial charge in [0.1, 0.15) is 18.1 Å². The highest BCUT2D eigenvalue weighted by atomic mass is 16.5. The minimum Gasteiger partial charge on any atom is -0.506 e. The van der Waals surface area contributed by atoms with Crippen molar-refractivity contribution in [3.8, 4) is 11.5 Å². The van der Waals surface area contributed by atoms with Gasteiger partial charge in [0.25, 0.3) is 0 Å². The van der Waals surface area contributed by atoms with Gasteiger partial charge in [0.2, 0.25) is 0 Å². The zero-order valence-electron chi connectivity index (χ0n) is 11.9. The zero-order chi connectivity index (χ0) is 15.7. The van der Waals surface area contributed by atoms with Crippen molar-refractivity contribution in [2.24, 2.45) is 0 Å². The van der Waals surface area contributed by atoms with E-state index in [9.17, 15) is 15.0 Å². The third-order valence-corrected chi connectivity index (χ3v) is 3.29. The number of carboxylic acid groups (broad SMARTS) is 1. The summed E-state index contributed by atoms with van der Waals surface area (Å²) in [5.41, 5.74) is 1.46. The Bertz CT molecular complexity index is 837. The molecule has 0 aliphatic heterocycles. The van der Waals surface area contributed by atoms with Crippen molar-refractivity contribution in [1.82, 2.24) is 9.38 Å². The lowest BCUT2D eigenvalue weighted by molar-refractivity contribution is 0.0693. The molecule has 6 nitrogen and oxygen atoms in total. The zero-order valence-corrected chi connectivity index (χ0v) is 11.9. The monoisotopic (exact) mass is 298 g/mol. The van der Waals surface area contributed by atoms with Crippen LogP contribution in [0.15, 0.2) is 42.6 Å². The summed E-state index contributed by atoms with van der Waals surface area (Å²) in [5.74, 6) is -0.0218. The van der Waals surface area contributed by atoms with E-state index in [1.165, 1.54) is 22.7 Å². The van der Waals surface area contributed by atoms with Gasteiger partial charge in [-0.1, -0.05) is 17.7 Å². The number of nitrogens with zero attached hydrogens (tertiary/aromatic N) is 2. The van der Waals surface area contributed by atoms with Crippen LogP contribution >= 0.6 is 0 Å². The maximum absolute atomic E-state index is 11.2. The number of fused-ring (bicyclic) bond motifs is 1. The highest BCUT2D eigenvalue weighted by Gasteiger charge is 2.17. The lowest BCUT2D eigenvalue weighted by atomic mass is 10.2. The fourth-order valence-corrected chi connectivity index (χ4v) is 2.18. The summed E-state index contributed by atoms with van der Waals surface area (Å²) in [7, 11) is 0. The Morgan fingerprint density at radius 3 is 2.64 bits per heavy atom. The number of pyridine rings is 1. The van der Waals surface area contributed by atoms with Gasteiger partial charge < -0.3 is 14.9 Å². The number of hydrogen-bond donors (Lipinski definition) is 2. The van der Waals surface area contributed by atoms with E-state index in [0.717, 1.165) is 5.56 Å². The third-order valence-electron chi connectivity index (χ3n) is 3.29. The summed E-state index contributed by atoms with van der Waals surface area (Å²) < 4.78 is 7.15. The number of carbonyl (C=O) groups is 1. The van der Waals surface area contributed by atoms with Crippen LogP contribution in [-0.4, -0.2) is 25.6 Å². The second-order valence-electron chi connectivity index (χ2n) is 4.93. The van der Waals surface area contributed by atoms with E-state index in [2.05, 4.69) is 4.98 Å². The maximum atomic E-state index is 11.2. The fraction of sp³-hybridized carbons (Fsp3) is 0.125. The molecule has 0 unspecified atom stereocenters. The van der Waals surface area contributed by atoms with Gasteiger partial charge in [0.15, 0.2) is 11.5 Å². The van der Waals surface area contributed by atoms with Crippen LogP contribution in [0.25, 0.3) is 5.52 Å². The van der Waals surface area contributed by atoms with Gasteiger partial charge in [-0.3, -0.25) is 4.40 Å². The molecular formula is C16H14N2O4. The number of benzene rings is 1. The molecule has 2 aromatic heterocycles. The molecule has 3 aromatic rings. The van der Waals surface area contributed by atoms with Gasteiger partial charge in [0.05, 0.1) is 11.7 Å². The molecule has 3 rings (SSSR count). The molecule has 2 heterocycles. The van der Waals surface area contributed by atoms with Crippen LogP contribution in [0.5, 0.6) is 11.5 Å². The van der Waals surface area contributed by atoms with Crippen molar-refractivity contribution in [1.29, 1.82) is 0 Å². The Kier molecular flexibility index (Phi) is 3.42. The van der Waals surface area contributed by atoms with Crippen LogP contribution in [0.1, 0.15) is 21.9 Å². The number of aromatic hydroxyl groups is 1. The summed E-state index contributed by atoms with van der Waals surface area (Å²) in [6.45, 7) is 2.08. The average Bonchev–Trinajstić information content (AvgIpc) is 2.85. The molecule has 22 heavy (non-hydrogen) atoms. The molecule has 6 heteroatoms. The molecule has 0 fully saturated rings. The standard InChI is InChI=1S/C16H14N2O4/c1-10-2-5-12(6-3-10)22-9-14-17-15(16(20)21)13-7-4-11(19)8-18(13)14/h2-8,19H,9H2,1H3,(H,20,21). The topological polar surface area (TPSA) is 84.1 Å². The maximum Gasteiger partial charge on any atom is 0.356 e. The van der Waals surface area contributed by atoms with E-state index >= 15 is 0 Å². The summed E-state index contributed by atoms with van der Waals surface area (Å²) >= 11 is 0. The number of aromatic nitrogens is 2. The van der Waals surface area contributed by atoms with Crippen LogP contribution in [0, 0.1) is 6.92 Å². The molecule has 0 saturated carbocycles. The van der Waals surface area contributed by atoms with Crippen LogP contribution < -0.4 is 4.74 Å². The normalized spacial score (nSPS) is 10.8. The molecule has 0 bridgehead atoms. The van der Waals surface area contributed by atoms with Crippen LogP contribution in [0.2, 0.25) is 0 Å². The van der Waals surface area contributed by atoms with E-state index in [-0.39, 0.29) is 18.1 Å². The van der Waals surface area contributed by atoms with E-state index in [0.29, 0.717) is 17.1 Å². The minimum atomic E-state index is -1.12. The first-order valence-electron chi connectivity index (χ1n) is 6.67. The van der Waals surface area contributed by atoms with E-state index in [1.54, 1.807) is 0 Å². The van der Waals surface area contributed by atoms with Gasteiger partial charge in [-0.05, 0) is 31.2 Å². The summed E-state index contributed by atoms with van der Waals surface area (Å²) in [6, 6.07) is 10.5. The predicted octanol–water partition coefficient (Wildman–Crippen LogP) is 2.63. The number of aromatic carboxylic acids is 1. The second kappa shape index (κ2) is 5.40. The number of hydrogen-bond acceptors (Lipinski definition) is 4. The molecule has 0 atom stereocenters. The lowest BCUT2D eigenvalue weighted by Crippen LogP contribution is -2.01. The average molecular weight is 298 g/mol. The smallest absolute Gasteiger partial charge is 0.356 e. The van der Waals surface area contributed by atoms with Gasteiger partial charge in [-0.2, -0.15) is 0 Å². The third kappa shape index (κ3) is 2.58. The summed E-state index contributed by atoms with van der Waals surface area (Å²) in [5, 5.41) is 18.8. The SMILES string of the molecule is Cc1ccc(OCc2nc(C(=O)O)c3ccc(O)cn23)cc1. The van der Waals surface area contributed by atoms with E-state index in [1.807, 2.05) is 31.2 Å². The quantitative estimate of drug-likeness (QED) is 0.773. The molecule has 0 amide bonds. The lowest BCUT2D eigenvalue weighted by Gasteiger charge is -2.06. The molecule has 0 spiro atoms. The first kappa shape index (κ1) is 13.9. The highest BCUT2D eigenvalue weighted by Crippen LogP contribution is 2.20.